The molecule has 0 bridgehead atoms. The Bertz CT molecular complexity index is 603. The van der Waals surface area contributed by atoms with Crippen molar-refractivity contribution in [3.8, 4) is 5.75 Å². The first kappa shape index (κ1) is 16.2. The smallest absolute Gasteiger partial charge is 0.139 e. The Kier molecular flexibility index (Phi) is 5.20. The van der Waals surface area contributed by atoms with Gasteiger partial charge in [0.2, 0.25) is 0 Å². The number of hydrogen-bond acceptors (Lipinski definition) is 3. The second-order valence-electron chi connectivity index (χ2n) is 5.81. The number of rotatable bonds is 5. The number of nitrogens with one attached hydrogen (secondary N) is 1. The summed E-state index contributed by atoms with van der Waals surface area (Å²) in [6, 6.07) is 7.23. The Morgan fingerprint density at radius 2 is 1.95 bits per heavy atom. The van der Waals surface area contributed by atoms with Gasteiger partial charge in [-0.3, -0.25) is 0 Å². The van der Waals surface area contributed by atoms with E-state index in [2.05, 4.69) is 26.1 Å². The number of furan rings is 1. The normalized spacial score (nSPS) is 11.7. The summed E-state index contributed by atoms with van der Waals surface area (Å²) in [7, 11) is 0. The summed E-state index contributed by atoms with van der Waals surface area (Å²) in [6.07, 6.45) is 1.66. The average molecular weight is 328 g/mol. The molecule has 2 aromatic rings. The molecule has 114 valence electrons. The predicted molar refractivity (Wildman–Crippen MR) is 86.1 cm³/mol. The lowest BCUT2D eigenvalue weighted by Gasteiger charge is -2.20. The van der Waals surface area contributed by atoms with Crippen molar-refractivity contribution in [2.45, 2.75) is 39.5 Å². The van der Waals surface area contributed by atoms with Crippen LogP contribution >= 0.6 is 23.2 Å². The number of benzene rings is 1. The first-order valence-electron chi connectivity index (χ1n) is 6.74. The Hall–Kier alpha value is -1.16. The molecule has 1 aromatic carbocycles. The maximum Gasteiger partial charge on any atom is 0.139 e. The molecule has 0 unspecified atom stereocenters. The molecule has 1 N–H and O–H groups in total. The molecule has 2 rings (SSSR count). The van der Waals surface area contributed by atoms with Gasteiger partial charge >= 0.3 is 0 Å². The largest absolute Gasteiger partial charge is 0.487 e. The van der Waals surface area contributed by atoms with Crippen LogP contribution in [0, 0.1) is 0 Å². The lowest BCUT2D eigenvalue weighted by Crippen LogP contribution is -2.35. The molecular formula is C16H19Cl2NO2. The second kappa shape index (κ2) is 6.73. The minimum Gasteiger partial charge on any atom is -0.487 e. The Morgan fingerprint density at radius 3 is 2.67 bits per heavy atom. The number of halogens is 2. The van der Waals surface area contributed by atoms with Gasteiger partial charge in [0, 0.05) is 11.1 Å². The van der Waals surface area contributed by atoms with E-state index in [1.54, 1.807) is 24.5 Å². The van der Waals surface area contributed by atoms with Gasteiger partial charge in [-0.1, -0.05) is 29.3 Å². The highest BCUT2D eigenvalue weighted by Gasteiger charge is 2.13. The van der Waals surface area contributed by atoms with E-state index in [0.717, 1.165) is 11.3 Å². The van der Waals surface area contributed by atoms with E-state index in [1.165, 1.54) is 0 Å². The minimum atomic E-state index is 0.0289. The van der Waals surface area contributed by atoms with E-state index in [-0.39, 0.29) is 5.54 Å². The van der Waals surface area contributed by atoms with E-state index in [9.17, 15) is 0 Å². The van der Waals surface area contributed by atoms with Gasteiger partial charge in [0.25, 0.3) is 0 Å². The van der Waals surface area contributed by atoms with Gasteiger partial charge in [-0.05, 0) is 39.0 Å². The first-order chi connectivity index (χ1) is 9.87. The van der Waals surface area contributed by atoms with Crippen LogP contribution in [0.3, 0.4) is 0 Å². The molecule has 0 saturated heterocycles. The predicted octanol–water partition coefficient (Wildman–Crippen LogP) is 5.05. The van der Waals surface area contributed by atoms with Crippen molar-refractivity contribution in [1.29, 1.82) is 0 Å². The summed E-state index contributed by atoms with van der Waals surface area (Å²) in [4.78, 5) is 0. The van der Waals surface area contributed by atoms with Gasteiger partial charge in [-0.15, -0.1) is 0 Å². The summed E-state index contributed by atoms with van der Waals surface area (Å²) >= 11 is 12.1. The van der Waals surface area contributed by atoms with Crippen LogP contribution in [0.1, 0.15) is 32.1 Å². The van der Waals surface area contributed by atoms with Crippen LogP contribution in [-0.2, 0) is 13.2 Å². The highest BCUT2D eigenvalue weighted by molar-refractivity contribution is 6.42. The topological polar surface area (TPSA) is 34.4 Å². The zero-order valence-electron chi connectivity index (χ0n) is 12.4. The number of ether oxygens (including phenoxy) is 1. The van der Waals surface area contributed by atoms with E-state index >= 15 is 0 Å². The Labute approximate surface area is 135 Å². The molecule has 0 fully saturated rings. The van der Waals surface area contributed by atoms with E-state index in [1.807, 2.05) is 6.07 Å². The summed E-state index contributed by atoms with van der Waals surface area (Å²) in [6.45, 7) is 7.36. The highest BCUT2D eigenvalue weighted by atomic mass is 35.5. The zero-order valence-corrected chi connectivity index (χ0v) is 13.9. The molecule has 0 atom stereocenters. The monoisotopic (exact) mass is 327 g/mol. The molecule has 5 heteroatoms. The van der Waals surface area contributed by atoms with Gasteiger partial charge in [0.05, 0.1) is 17.8 Å². The third-order valence-corrected chi connectivity index (χ3v) is 3.72. The second-order valence-corrected chi connectivity index (χ2v) is 6.60. The van der Waals surface area contributed by atoms with E-state index in [0.29, 0.717) is 28.9 Å². The fraction of sp³-hybridized carbons (Fsp3) is 0.375. The summed E-state index contributed by atoms with van der Waals surface area (Å²) in [5.74, 6) is 1.43. The lowest BCUT2D eigenvalue weighted by atomic mass is 10.1. The summed E-state index contributed by atoms with van der Waals surface area (Å²) in [5.41, 5.74) is 1.02. The van der Waals surface area contributed by atoms with Crippen LogP contribution < -0.4 is 10.1 Å². The Morgan fingerprint density at radius 1 is 1.19 bits per heavy atom. The van der Waals surface area contributed by atoms with Crippen LogP contribution in [-0.4, -0.2) is 5.54 Å². The summed E-state index contributed by atoms with van der Waals surface area (Å²) < 4.78 is 11.2. The fourth-order valence-electron chi connectivity index (χ4n) is 1.75. The van der Waals surface area contributed by atoms with Crippen molar-refractivity contribution in [2.24, 2.45) is 0 Å². The molecular weight excluding hydrogens is 309 g/mol. The van der Waals surface area contributed by atoms with Crippen LogP contribution in [0.2, 0.25) is 10.0 Å². The van der Waals surface area contributed by atoms with Crippen molar-refractivity contribution < 1.29 is 9.15 Å². The van der Waals surface area contributed by atoms with Crippen LogP contribution in [0.5, 0.6) is 5.75 Å². The molecule has 1 heterocycles. The maximum atomic E-state index is 6.10. The van der Waals surface area contributed by atoms with E-state index < -0.39 is 0 Å². The quantitative estimate of drug-likeness (QED) is 0.834. The minimum absolute atomic E-state index is 0.0289. The number of hydrogen-bond donors (Lipinski definition) is 1. The van der Waals surface area contributed by atoms with Gasteiger partial charge < -0.3 is 14.5 Å². The van der Waals surface area contributed by atoms with Crippen LogP contribution in [0.4, 0.5) is 0 Å². The van der Waals surface area contributed by atoms with Gasteiger partial charge in [-0.25, -0.2) is 0 Å². The van der Waals surface area contributed by atoms with Crippen molar-refractivity contribution in [3.63, 3.8) is 0 Å². The van der Waals surface area contributed by atoms with Crippen LogP contribution in [0.15, 0.2) is 34.9 Å². The van der Waals surface area contributed by atoms with Crippen molar-refractivity contribution in [1.82, 2.24) is 5.32 Å². The molecule has 0 aliphatic heterocycles. The molecule has 0 amide bonds. The standard InChI is InChI=1S/C16H19Cl2NO2/c1-16(2,3)19-9-14-11(7-8-20-14)10-21-13-6-4-5-12(17)15(13)18/h4-8,19H,9-10H2,1-3H3. The average Bonchev–Trinajstić information content (AvgIpc) is 2.85. The molecule has 1 aromatic heterocycles. The zero-order chi connectivity index (χ0) is 15.5. The highest BCUT2D eigenvalue weighted by Crippen LogP contribution is 2.32. The van der Waals surface area contributed by atoms with Gasteiger partial charge in [-0.2, -0.15) is 0 Å². The van der Waals surface area contributed by atoms with E-state index in [4.69, 9.17) is 32.4 Å². The van der Waals surface area contributed by atoms with Gasteiger partial charge in [0.1, 0.15) is 23.1 Å². The van der Waals surface area contributed by atoms with Crippen molar-refractivity contribution in [3.05, 3.63) is 51.9 Å². The third kappa shape index (κ3) is 4.67. The SMILES string of the molecule is CC(C)(C)NCc1occc1COc1cccc(Cl)c1Cl. The third-order valence-electron chi connectivity index (χ3n) is 2.92. The summed E-state index contributed by atoms with van der Waals surface area (Å²) in [5, 5.41) is 4.30. The molecule has 0 aliphatic carbocycles. The van der Waals surface area contributed by atoms with Crippen molar-refractivity contribution >= 4 is 23.2 Å². The molecule has 0 saturated carbocycles. The molecule has 0 radical (unpaired) electrons. The van der Waals surface area contributed by atoms with Crippen LogP contribution in [0.25, 0.3) is 0 Å². The maximum absolute atomic E-state index is 6.10. The molecule has 3 nitrogen and oxygen atoms in total. The molecule has 21 heavy (non-hydrogen) atoms. The fourth-order valence-corrected chi connectivity index (χ4v) is 2.09. The lowest BCUT2D eigenvalue weighted by molar-refractivity contribution is 0.299. The molecule has 0 aliphatic rings. The molecule has 0 spiro atoms. The Balaban J connectivity index is 2.01. The first-order valence-corrected chi connectivity index (χ1v) is 7.49. The van der Waals surface area contributed by atoms with Gasteiger partial charge in [0.15, 0.2) is 0 Å². The van der Waals surface area contributed by atoms with Crippen molar-refractivity contribution in [2.75, 3.05) is 0 Å².